The van der Waals surface area contributed by atoms with E-state index in [0.717, 1.165) is 56.9 Å². The SMILES string of the molecule is COc1ccc(Cl)cc1CN1CCN(C(=O)[C@@H]2CCCO2)CC1. The lowest BCUT2D eigenvalue weighted by molar-refractivity contribution is -0.142. The molecule has 1 amide bonds. The van der Waals surface area contributed by atoms with Crippen molar-refractivity contribution in [2.24, 2.45) is 0 Å². The number of halogens is 1. The van der Waals surface area contributed by atoms with Gasteiger partial charge in [-0.25, -0.2) is 0 Å². The van der Waals surface area contributed by atoms with Gasteiger partial charge in [0.1, 0.15) is 11.9 Å². The van der Waals surface area contributed by atoms with E-state index in [1.807, 2.05) is 23.1 Å². The van der Waals surface area contributed by atoms with Crippen molar-refractivity contribution in [3.8, 4) is 5.75 Å². The van der Waals surface area contributed by atoms with Crippen LogP contribution in [0.4, 0.5) is 0 Å². The Balaban J connectivity index is 1.55. The Morgan fingerprint density at radius 1 is 1.35 bits per heavy atom. The number of carbonyl (C=O) groups excluding carboxylic acids is 1. The third-order valence-electron chi connectivity index (χ3n) is 4.53. The quantitative estimate of drug-likeness (QED) is 0.844. The average molecular weight is 339 g/mol. The van der Waals surface area contributed by atoms with Gasteiger partial charge in [-0.05, 0) is 31.0 Å². The molecule has 0 bridgehead atoms. The predicted molar refractivity (Wildman–Crippen MR) is 88.8 cm³/mol. The van der Waals surface area contributed by atoms with Gasteiger partial charge in [0.15, 0.2) is 0 Å². The second-order valence-electron chi connectivity index (χ2n) is 6.06. The molecular formula is C17H23ClN2O3. The van der Waals surface area contributed by atoms with Crippen LogP contribution < -0.4 is 4.74 Å². The van der Waals surface area contributed by atoms with Crippen LogP contribution in [-0.2, 0) is 16.1 Å². The van der Waals surface area contributed by atoms with Crippen LogP contribution in [0.25, 0.3) is 0 Å². The van der Waals surface area contributed by atoms with Gasteiger partial charge >= 0.3 is 0 Å². The van der Waals surface area contributed by atoms with Crippen LogP contribution in [0.15, 0.2) is 18.2 Å². The number of hydrogen-bond donors (Lipinski definition) is 0. The fraction of sp³-hybridized carbons (Fsp3) is 0.588. The van der Waals surface area contributed by atoms with Crippen LogP contribution in [-0.4, -0.2) is 61.7 Å². The first-order valence-corrected chi connectivity index (χ1v) is 8.50. The Kier molecular flexibility index (Phi) is 5.41. The molecule has 0 saturated carbocycles. The van der Waals surface area contributed by atoms with Crippen LogP contribution in [0.2, 0.25) is 5.02 Å². The summed E-state index contributed by atoms with van der Waals surface area (Å²) in [6.45, 7) is 4.71. The Morgan fingerprint density at radius 3 is 2.78 bits per heavy atom. The first-order chi connectivity index (χ1) is 11.2. The lowest BCUT2D eigenvalue weighted by Crippen LogP contribution is -2.51. The van der Waals surface area contributed by atoms with Crippen LogP contribution in [0.1, 0.15) is 18.4 Å². The van der Waals surface area contributed by atoms with Gasteiger partial charge in [-0.1, -0.05) is 11.6 Å². The molecule has 0 aromatic heterocycles. The van der Waals surface area contributed by atoms with Crippen molar-refractivity contribution in [1.29, 1.82) is 0 Å². The summed E-state index contributed by atoms with van der Waals surface area (Å²) >= 11 is 6.09. The molecule has 0 N–H and O–H groups in total. The summed E-state index contributed by atoms with van der Waals surface area (Å²) in [6, 6.07) is 5.68. The van der Waals surface area contributed by atoms with Crippen LogP contribution in [0, 0.1) is 0 Å². The van der Waals surface area contributed by atoms with Crippen molar-refractivity contribution in [3.63, 3.8) is 0 Å². The molecule has 23 heavy (non-hydrogen) atoms. The van der Waals surface area contributed by atoms with Gasteiger partial charge in [-0.2, -0.15) is 0 Å². The van der Waals surface area contributed by atoms with Crippen LogP contribution in [0.3, 0.4) is 0 Å². The van der Waals surface area contributed by atoms with Crippen molar-refractivity contribution in [3.05, 3.63) is 28.8 Å². The molecule has 1 aromatic carbocycles. The van der Waals surface area contributed by atoms with Crippen LogP contribution in [0.5, 0.6) is 5.75 Å². The third kappa shape index (κ3) is 3.97. The van der Waals surface area contributed by atoms with E-state index in [4.69, 9.17) is 21.1 Å². The lowest BCUT2D eigenvalue weighted by atomic mass is 10.1. The molecule has 2 fully saturated rings. The maximum atomic E-state index is 12.4. The molecule has 126 valence electrons. The molecule has 1 aromatic rings. The molecule has 0 unspecified atom stereocenters. The van der Waals surface area contributed by atoms with Gasteiger partial charge in [0.2, 0.25) is 0 Å². The summed E-state index contributed by atoms with van der Waals surface area (Å²) in [5.74, 6) is 1.01. The number of piperazine rings is 1. The standard InChI is InChI=1S/C17H23ClN2O3/c1-22-15-5-4-14(18)11-13(15)12-19-6-8-20(9-7-19)17(21)16-3-2-10-23-16/h4-5,11,16H,2-3,6-10,12H2,1H3/t16-/m0/s1. The van der Waals surface area contributed by atoms with Crippen molar-refractivity contribution < 1.29 is 14.3 Å². The molecule has 5 nitrogen and oxygen atoms in total. The van der Waals surface area contributed by atoms with Gasteiger partial charge in [-0.3, -0.25) is 9.69 Å². The monoisotopic (exact) mass is 338 g/mol. The maximum Gasteiger partial charge on any atom is 0.251 e. The largest absolute Gasteiger partial charge is 0.496 e. The highest BCUT2D eigenvalue weighted by Crippen LogP contribution is 2.24. The van der Waals surface area contributed by atoms with E-state index < -0.39 is 0 Å². The highest BCUT2D eigenvalue weighted by molar-refractivity contribution is 6.30. The molecule has 2 heterocycles. The smallest absolute Gasteiger partial charge is 0.251 e. The van der Waals surface area contributed by atoms with Gasteiger partial charge in [0.05, 0.1) is 7.11 Å². The number of ether oxygens (including phenoxy) is 2. The normalized spacial score (nSPS) is 22.3. The summed E-state index contributed by atoms with van der Waals surface area (Å²) in [4.78, 5) is 16.6. The minimum Gasteiger partial charge on any atom is -0.496 e. The number of amides is 1. The molecule has 0 radical (unpaired) electrons. The van der Waals surface area contributed by atoms with Gasteiger partial charge < -0.3 is 14.4 Å². The Labute approximate surface area is 142 Å². The summed E-state index contributed by atoms with van der Waals surface area (Å²) in [7, 11) is 1.67. The number of methoxy groups -OCH3 is 1. The molecule has 2 saturated heterocycles. The second kappa shape index (κ2) is 7.51. The zero-order valence-electron chi connectivity index (χ0n) is 13.5. The predicted octanol–water partition coefficient (Wildman–Crippen LogP) is 2.17. The molecule has 0 aliphatic carbocycles. The summed E-state index contributed by atoms with van der Waals surface area (Å²) < 4.78 is 10.9. The van der Waals surface area contributed by atoms with Gasteiger partial charge in [0, 0.05) is 49.9 Å². The second-order valence-corrected chi connectivity index (χ2v) is 6.50. The summed E-state index contributed by atoms with van der Waals surface area (Å²) in [5.41, 5.74) is 1.08. The van der Waals surface area contributed by atoms with E-state index in [-0.39, 0.29) is 12.0 Å². The molecule has 2 aliphatic rings. The average Bonchev–Trinajstić information content (AvgIpc) is 3.10. The zero-order valence-corrected chi connectivity index (χ0v) is 14.2. The molecule has 1 atom stereocenters. The Bertz CT molecular complexity index is 553. The first kappa shape index (κ1) is 16.6. The fourth-order valence-corrected chi connectivity index (χ4v) is 3.41. The fourth-order valence-electron chi connectivity index (χ4n) is 3.21. The zero-order chi connectivity index (χ0) is 16.2. The minimum absolute atomic E-state index is 0.155. The lowest BCUT2D eigenvalue weighted by Gasteiger charge is -2.35. The van der Waals surface area contributed by atoms with Crippen molar-refractivity contribution in [1.82, 2.24) is 9.80 Å². The van der Waals surface area contributed by atoms with E-state index in [9.17, 15) is 4.79 Å². The molecule has 2 aliphatic heterocycles. The maximum absolute atomic E-state index is 12.4. The minimum atomic E-state index is -0.213. The third-order valence-corrected chi connectivity index (χ3v) is 4.76. The molecule has 3 rings (SSSR count). The number of nitrogens with zero attached hydrogens (tertiary/aromatic N) is 2. The molecular weight excluding hydrogens is 316 g/mol. The first-order valence-electron chi connectivity index (χ1n) is 8.12. The van der Waals surface area contributed by atoms with E-state index in [1.165, 1.54) is 0 Å². The van der Waals surface area contributed by atoms with E-state index in [1.54, 1.807) is 7.11 Å². The topological polar surface area (TPSA) is 42.0 Å². The van der Waals surface area contributed by atoms with E-state index in [2.05, 4.69) is 4.90 Å². The highest BCUT2D eigenvalue weighted by atomic mass is 35.5. The number of rotatable bonds is 4. The van der Waals surface area contributed by atoms with Crippen molar-refractivity contribution in [2.75, 3.05) is 39.9 Å². The number of hydrogen-bond acceptors (Lipinski definition) is 4. The highest BCUT2D eigenvalue weighted by Gasteiger charge is 2.30. The Morgan fingerprint density at radius 2 is 2.13 bits per heavy atom. The Hall–Kier alpha value is -1.30. The van der Waals surface area contributed by atoms with Gasteiger partial charge in [-0.15, -0.1) is 0 Å². The number of benzene rings is 1. The number of carbonyl (C=O) groups is 1. The summed E-state index contributed by atoms with van der Waals surface area (Å²) in [5, 5.41) is 0.716. The van der Waals surface area contributed by atoms with Crippen molar-refractivity contribution >= 4 is 17.5 Å². The summed E-state index contributed by atoms with van der Waals surface area (Å²) in [6.07, 6.45) is 1.64. The molecule has 0 spiro atoms. The van der Waals surface area contributed by atoms with E-state index >= 15 is 0 Å². The van der Waals surface area contributed by atoms with E-state index in [0.29, 0.717) is 11.6 Å². The van der Waals surface area contributed by atoms with Gasteiger partial charge in [0.25, 0.3) is 5.91 Å². The van der Waals surface area contributed by atoms with Crippen molar-refractivity contribution in [2.45, 2.75) is 25.5 Å². The molecule has 6 heteroatoms. The van der Waals surface area contributed by atoms with Crippen LogP contribution >= 0.6 is 11.6 Å².